The molecule has 4 rings (SSSR count). The third-order valence-electron chi connectivity index (χ3n) is 6.37. The molecular formula is C27H35FN8O5S. The summed E-state index contributed by atoms with van der Waals surface area (Å²) in [4.78, 5) is 45.3. The van der Waals surface area contributed by atoms with E-state index in [9.17, 15) is 18.8 Å². The monoisotopic (exact) mass is 602 g/mol. The number of fused-ring (bicyclic) bond motifs is 3. The van der Waals surface area contributed by atoms with Crippen LogP contribution in [0.2, 0.25) is 0 Å². The molecule has 0 saturated heterocycles. The molecule has 0 fully saturated rings. The maximum absolute atomic E-state index is 14.1. The average Bonchev–Trinajstić information content (AvgIpc) is 3.58. The third-order valence-corrected chi connectivity index (χ3v) is 7.27. The van der Waals surface area contributed by atoms with E-state index in [0.717, 1.165) is 6.07 Å². The number of ether oxygens (including phenoxy) is 1. The quantitative estimate of drug-likeness (QED) is 0.426. The summed E-state index contributed by atoms with van der Waals surface area (Å²) in [6, 6.07) is 2.82. The van der Waals surface area contributed by atoms with Crippen molar-refractivity contribution in [3.05, 3.63) is 53.2 Å². The number of halogens is 1. The first-order valence-electron chi connectivity index (χ1n) is 13.7. The highest BCUT2D eigenvalue weighted by Gasteiger charge is 2.25. The zero-order valence-electron chi connectivity index (χ0n) is 23.8. The van der Waals surface area contributed by atoms with Crippen LogP contribution in [0.25, 0.3) is 0 Å². The van der Waals surface area contributed by atoms with Gasteiger partial charge in [0.05, 0.1) is 29.3 Å². The molecule has 15 heteroatoms. The van der Waals surface area contributed by atoms with E-state index in [-0.39, 0.29) is 48.6 Å². The highest BCUT2D eigenvalue weighted by Crippen LogP contribution is 2.21. The Morgan fingerprint density at radius 1 is 1.24 bits per heavy atom. The number of amides is 3. The molecule has 13 nitrogen and oxygen atoms in total. The molecule has 3 aromatic rings. The van der Waals surface area contributed by atoms with Gasteiger partial charge in [-0.3, -0.25) is 14.4 Å². The molecule has 2 aromatic heterocycles. The number of benzene rings is 1. The number of carbonyl (C=O) groups is 3. The normalized spacial score (nSPS) is 17.1. The van der Waals surface area contributed by atoms with Crippen molar-refractivity contribution in [3.8, 4) is 5.75 Å². The van der Waals surface area contributed by atoms with Gasteiger partial charge < -0.3 is 24.8 Å². The van der Waals surface area contributed by atoms with E-state index in [1.807, 2.05) is 13.8 Å². The molecule has 2 bridgehead atoms. The first-order valence-corrected chi connectivity index (χ1v) is 14.9. The fourth-order valence-corrected chi connectivity index (χ4v) is 5.07. The summed E-state index contributed by atoms with van der Waals surface area (Å²) in [7, 11) is 0. The fraction of sp³-hybridized carbons (Fsp3) is 0.519. The Morgan fingerprint density at radius 3 is 2.83 bits per heavy atom. The summed E-state index contributed by atoms with van der Waals surface area (Å²) in [6.07, 6.45) is 2.59. The average molecular weight is 603 g/mol. The molecule has 1 aromatic carbocycles. The number of aromatic nitrogens is 5. The molecule has 0 radical (unpaired) electrons. The van der Waals surface area contributed by atoms with Crippen molar-refractivity contribution in [1.82, 2.24) is 40.7 Å². The molecule has 3 amide bonds. The van der Waals surface area contributed by atoms with E-state index < -0.39 is 23.7 Å². The Hall–Kier alpha value is -4.01. The van der Waals surface area contributed by atoms with Crippen LogP contribution in [0.3, 0.4) is 0 Å². The van der Waals surface area contributed by atoms with Gasteiger partial charge in [-0.05, 0) is 37.5 Å². The molecule has 42 heavy (non-hydrogen) atoms. The van der Waals surface area contributed by atoms with Gasteiger partial charge in [-0.2, -0.15) is 4.98 Å². The van der Waals surface area contributed by atoms with Gasteiger partial charge in [0, 0.05) is 32.3 Å². The van der Waals surface area contributed by atoms with Gasteiger partial charge in [-0.15, -0.1) is 16.9 Å². The summed E-state index contributed by atoms with van der Waals surface area (Å²) in [6.45, 7) is 6.86. The Bertz CT molecular complexity index is 1380. The molecule has 1 aliphatic heterocycles. The highest BCUT2D eigenvalue weighted by atomic mass is 32.2. The van der Waals surface area contributed by atoms with E-state index >= 15 is 0 Å². The van der Waals surface area contributed by atoms with Crippen LogP contribution >= 0.6 is 11.8 Å². The molecule has 0 aliphatic carbocycles. The second-order valence-electron chi connectivity index (χ2n) is 10.3. The van der Waals surface area contributed by atoms with Gasteiger partial charge in [-0.25, -0.2) is 9.07 Å². The molecule has 1 aliphatic rings. The van der Waals surface area contributed by atoms with Crippen LogP contribution in [0.1, 0.15) is 48.0 Å². The van der Waals surface area contributed by atoms with Crippen molar-refractivity contribution >= 4 is 29.5 Å². The van der Waals surface area contributed by atoms with Crippen LogP contribution in [0.5, 0.6) is 5.75 Å². The number of aryl methyl sites for hydroxylation is 1. The Balaban J connectivity index is 1.49. The number of hydrogen-bond donors (Lipinski definition) is 2. The standard InChI is InChI=1S/C27H35FN8O5S/c1-17(2)12-22-27(39)29-7-9-35(25(37)16-42-15-24-30-18(3)33-41-24)8-6-20-14-36(34-32-20)10-11-40-23-5-4-19(28)13-21(23)26(38)31-22/h4-5,13-14,17,22H,6-12,15-16H2,1-3H3,(H,29,39)(H,31,38)/t22-/m1/s1. The maximum atomic E-state index is 14.1. The van der Waals surface area contributed by atoms with Crippen LogP contribution in [0.4, 0.5) is 4.39 Å². The van der Waals surface area contributed by atoms with Crippen molar-refractivity contribution in [2.75, 3.05) is 32.0 Å². The van der Waals surface area contributed by atoms with Crippen LogP contribution in [0.15, 0.2) is 28.9 Å². The van der Waals surface area contributed by atoms with Crippen molar-refractivity contribution in [2.24, 2.45) is 5.92 Å². The second kappa shape index (κ2) is 14.8. The Kier molecular flexibility index (Phi) is 10.9. The van der Waals surface area contributed by atoms with Crippen LogP contribution in [-0.4, -0.2) is 85.8 Å². The molecule has 0 unspecified atom stereocenters. The first kappa shape index (κ1) is 30.9. The molecule has 3 heterocycles. The van der Waals surface area contributed by atoms with Crippen LogP contribution in [-0.2, 0) is 28.3 Å². The lowest BCUT2D eigenvalue weighted by Crippen LogP contribution is -2.49. The molecule has 2 N–H and O–H groups in total. The Labute approximate surface area is 246 Å². The summed E-state index contributed by atoms with van der Waals surface area (Å²) in [5.41, 5.74) is 0.674. The molecule has 0 saturated carbocycles. The molecule has 0 spiro atoms. The van der Waals surface area contributed by atoms with Crippen molar-refractivity contribution in [1.29, 1.82) is 0 Å². The smallest absolute Gasteiger partial charge is 0.255 e. The van der Waals surface area contributed by atoms with Gasteiger partial charge in [0.25, 0.3) is 5.91 Å². The number of thioether (sulfide) groups is 1. The van der Waals surface area contributed by atoms with Gasteiger partial charge in [-0.1, -0.05) is 24.2 Å². The van der Waals surface area contributed by atoms with Crippen molar-refractivity contribution in [2.45, 2.75) is 52.0 Å². The van der Waals surface area contributed by atoms with Crippen molar-refractivity contribution < 1.29 is 28.0 Å². The zero-order valence-corrected chi connectivity index (χ0v) is 24.7. The number of rotatable bonds is 6. The molecular weight excluding hydrogens is 567 g/mol. The van der Waals surface area contributed by atoms with E-state index in [0.29, 0.717) is 49.1 Å². The van der Waals surface area contributed by atoms with E-state index in [4.69, 9.17) is 9.26 Å². The number of hydrogen-bond acceptors (Lipinski definition) is 10. The Morgan fingerprint density at radius 2 is 2.07 bits per heavy atom. The minimum Gasteiger partial charge on any atom is -0.491 e. The third kappa shape index (κ3) is 8.99. The number of nitrogens with one attached hydrogen (secondary N) is 2. The first-order chi connectivity index (χ1) is 20.2. The van der Waals surface area contributed by atoms with Gasteiger partial charge in [0.1, 0.15) is 24.2 Å². The predicted molar refractivity (Wildman–Crippen MR) is 151 cm³/mol. The maximum Gasteiger partial charge on any atom is 0.255 e. The predicted octanol–water partition coefficient (Wildman–Crippen LogP) is 1.77. The lowest BCUT2D eigenvalue weighted by Gasteiger charge is -2.24. The van der Waals surface area contributed by atoms with Gasteiger partial charge >= 0.3 is 0 Å². The lowest BCUT2D eigenvalue weighted by molar-refractivity contribution is -0.129. The fourth-order valence-electron chi connectivity index (χ4n) is 4.32. The van der Waals surface area contributed by atoms with Crippen molar-refractivity contribution in [3.63, 3.8) is 0 Å². The minimum atomic E-state index is -0.866. The minimum absolute atomic E-state index is 0.0121. The number of nitrogens with zero attached hydrogens (tertiary/aromatic N) is 6. The lowest BCUT2D eigenvalue weighted by atomic mass is 10.0. The van der Waals surface area contributed by atoms with Crippen LogP contribution < -0.4 is 15.4 Å². The highest BCUT2D eigenvalue weighted by molar-refractivity contribution is 7.99. The topological polar surface area (TPSA) is 157 Å². The van der Waals surface area contributed by atoms with E-state index in [2.05, 4.69) is 31.1 Å². The second-order valence-corrected chi connectivity index (χ2v) is 11.3. The summed E-state index contributed by atoms with van der Waals surface area (Å²) in [5.74, 6) is 0.101. The van der Waals surface area contributed by atoms with Crippen LogP contribution in [0, 0.1) is 18.7 Å². The molecule has 226 valence electrons. The van der Waals surface area contributed by atoms with E-state index in [1.165, 1.54) is 23.9 Å². The zero-order chi connectivity index (χ0) is 30.1. The summed E-state index contributed by atoms with van der Waals surface area (Å²) >= 11 is 1.36. The number of carbonyl (C=O) groups excluding carboxylic acids is 3. The summed E-state index contributed by atoms with van der Waals surface area (Å²) < 4.78 is 26.6. The van der Waals surface area contributed by atoms with Gasteiger partial charge in [0.2, 0.25) is 17.7 Å². The van der Waals surface area contributed by atoms with E-state index in [1.54, 1.807) is 22.7 Å². The SMILES string of the molecule is Cc1noc(CSCC(=O)N2CCNC(=O)[C@@H](CC(C)C)NC(=O)c3cc(F)ccc3OCCn3cc(nn3)CC2)n1. The largest absolute Gasteiger partial charge is 0.491 e. The molecule has 1 atom stereocenters. The van der Waals surface area contributed by atoms with Gasteiger partial charge in [0.15, 0.2) is 5.82 Å². The summed E-state index contributed by atoms with van der Waals surface area (Å²) in [5, 5.41) is 17.7.